The highest BCUT2D eigenvalue weighted by Crippen LogP contribution is 2.25. The first-order valence-electron chi connectivity index (χ1n) is 8.90. The Morgan fingerprint density at radius 2 is 1.50 bits per heavy atom. The summed E-state index contributed by atoms with van der Waals surface area (Å²) >= 11 is 6.00. The third kappa shape index (κ3) is 5.01. The lowest BCUT2D eigenvalue weighted by atomic mass is 10.2. The van der Waals surface area contributed by atoms with E-state index >= 15 is 0 Å². The van der Waals surface area contributed by atoms with Gasteiger partial charge in [0.25, 0.3) is 5.91 Å². The van der Waals surface area contributed by atoms with Gasteiger partial charge in [0.2, 0.25) is 20.0 Å². The molecular weight excluding hydrogens is 450 g/mol. The highest BCUT2D eigenvalue weighted by molar-refractivity contribution is 7.89. The minimum Gasteiger partial charge on any atom is -0.322 e. The monoisotopic (exact) mass is 473 g/mol. The van der Waals surface area contributed by atoms with Crippen molar-refractivity contribution in [3.05, 3.63) is 53.1 Å². The van der Waals surface area contributed by atoms with Gasteiger partial charge in [0.1, 0.15) is 4.90 Å². The van der Waals surface area contributed by atoms with Crippen molar-refractivity contribution in [2.75, 3.05) is 26.5 Å². The molecule has 0 aromatic heterocycles. The van der Waals surface area contributed by atoms with E-state index in [2.05, 4.69) is 5.32 Å². The van der Waals surface area contributed by atoms with Gasteiger partial charge in [-0.25, -0.2) is 21.1 Å². The molecule has 0 bridgehead atoms. The van der Waals surface area contributed by atoms with Gasteiger partial charge >= 0.3 is 0 Å². The molecule has 1 N–H and O–H groups in total. The van der Waals surface area contributed by atoms with E-state index in [1.54, 1.807) is 13.8 Å². The summed E-state index contributed by atoms with van der Waals surface area (Å²) in [5, 5.41) is 2.62. The Kier molecular flexibility index (Phi) is 7.31. The van der Waals surface area contributed by atoms with Gasteiger partial charge in [0.15, 0.2) is 0 Å². The third-order valence-electron chi connectivity index (χ3n) is 4.47. The van der Waals surface area contributed by atoms with Crippen LogP contribution in [0.3, 0.4) is 0 Å². The molecule has 0 atom stereocenters. The first-order chi connectivity index (χ1) is 13.8. The number of halogens is 1. The molecule has 0 fully saturated rings. The summed E-state index contributed by atoms with van der Waals surface area (Å²) in [4.78, 5) is 12.5. The standard InChI is InChI=1S/C19H24ClN3O5S2/c1-13(2)23(5)29(25,26)16-9-7-15(8-10-16)21-19(24)14-6-11-17(20)18(12-14)30(27,28)22(3)4/h6-13H,1-5H3,(H,21,24). The van der Waals surface area contributed by atoms with Crippen LogP contribution < -0.4 is 5.32 Å². The molecule has 0 saturated carbocycles. The normalized spacial score (nSPS) is 12.6. The lowest BCUT2D eigenvalue weighted by Gasteiger charge is -2.21. The van der Waals surface area contributed by atoms with Crippen LogP contribution in [0.5, 0.6) is 0 Å². The Morgan fingerprint density at radius 1 is 0.933 bits per heavy atom. The predicted molar refractivity (Wildman–Crippen MR) is 117 cm³/mol. The first kappa shape index (κ1) is 24.3. The summed E-state index contributed by atoms with van der Waals surface area (Å²) in [6, 6.07) is 9.46. The average Bonchev–Trinajstić information content (AvgIpc) is 2.67. The minimum atomic E-state index is -3.82. The molecule has 2 rings (SSSR count). The predicted octanol–water partition coefficient (Wildman–Crippen LogP) is 2.87. The molecule has 30 heavy (non-hydrogen) atoms. The quantitative estimate of drug-likeness (QED) is 0.665. The minimum absolute atomic E-state index is 0.00378. The molecular formula is C19H24ClN3O5S2. The molecule has 0 saturated heterocycles. The summed E-state index contributed by atoms with van der Waals surface area (Å²) in [7, 11) is -3.23. The summed E-state index contributed by atoms with van der Waals surface area (Å²) in [5.74, 6) is -0.559. The van der Waals surface area contributed by atoms with Crippen molar-refractivity contribution >= 4 is 43.2 Å². The molecule has 0 aliphatic rings. The van der Waals surface area contributed by atoms with Gasteiger partial charge in [-0.05, 0) is 56.3 Å². The Hall–Kier alpha value is -1.98. The van der Waals surface area contributed by atoms with Crippen molar-refractivity contribution in [2.24, 2.45) is 0 Å². The zero-order chi connectivity index (χ0) is 22.9. The van der Waals surface area contributed by atoms with Gasteiger partial charge < -0.3 is 5.32 Å². The van der Waals surface area contributed by atoms with E-state index in [0.29, 0.717) is 5.69 Å². The van der Waals surface area contributed by atoms with Gasteiger partial charge in [-0.3, -0.25) is 4.79 Å². The number of carbonyl (C=O) groups is 1. The number of benzene rings is 2. The van der Waals surface area contributed by atoms with E-state index in [9.17, 15) is 21.6 Å². The SMILES string of the molecule is CC(C)N(C)S(=O)(=O)c1ccc(NC(=O)c2ccc(Cl)c(S(=O)(=O)N(C)C)c2)cc1. The van der Waals surface area contributed by atoms with Crippen LogP contribution in [0.1, 0.15) is 24.2 Å². The number of nitrogens with zero attached hydrogens (tertiary/aromatic N) is 2. The smallest absolute Gasteiger partial charge is 0.255 e. The van der Waals surface area contributed by atoms with Crippen LogP contribution in [0.15, 0.2) is 52.3 Å². The fourth-order valence-electron chi connectivity index (χ4n) is 2.40. The Morgan fingerprint density at radius 3 is 2.00 bits per heavy atom. The van der Waals surface area contributed by atoms with Gasteiger partial charge in [0, 0.05) is 38.4 Å². The molecule has 1 amide bonds. The molecule has 0 heterocycles. The lowest BCUT2D eigenvalue weighted by Crippen LogP contribution is -2.33. The zero-order valence-corrected chi connectivity index (χ0v) is 19.6. The summed E-state index contributed by atoms with van der Waals surface area (Å²) in [5.41, 5.74) is 0.453. The van der Waals surface area contributed by atoms with Crippen LogP contribution in [-0.2, 0) is 20.0 Å². The second kappa shape index (κ2) is 9.03. The van der Waals surface area contributed by atoms with Gasteiger partial charge in [-0.15, -0.1) is 0 Å². The lowest BCUT2D eigenvalue weighted by molar-refractivity contribution is 0.102. The van der Waals surface area contributed by atoms with Crippen LogP contribution >= 0.6 is 11.6 Å². The molecule has 11 heteroatoms. The van der Waals surface area contributed by atoms with E-state index < -0.39 is 26.0 Å². The van der Waals surface area contributed by atoms with E-state index in [1.807, 2.05) is 0 Å². The number of rotatable bonds is 7. The van der Waals surface area contributed by atoms with Crippen molar-refractivity contribution in [1.82, 2.24) is 8.61 Å². The molecule has 0 aliphatic carbocycles. The van der Waals surface area contributed by atoms with Crippen molar-refractivity contribution in [2.45, 2.75) is 29.7 Å². The summed E-state index contributed by atoms with van der Waals surface area (Å²) in [6.45, 7) is 3.53. The molecule has 0 spiro atoms. The summed E-state index contributed by atoms with van der Waals surface area (Å²) in [6.07, 6.45) is 0. The van der Waals surface area contributed by atoms with E-state index in [0.717, 1.165) is 4.31 Å². The van der Waals surface area contributed by atoms with E-state index in [1.165, 1.54) is 67.9 Å². The Balaban J connectivity index is 2.27. The molecule has 0 radical (unpaired) electrons. The Bertz CT molecular complexity index is 1150. The summed E-state index contributed by atoms with van der Waals surface area (Å²) < 4.78 is 52.0. The van der Waals surface area contributed by atoms with Gasteiger partial charge in [-0.1, -0.05) is 11.6 Å². The van der Waals surface area contributed by atoms with Crippen molar-refractivity contribution in [3.63, 3.8) is 0 Å². The second-order valence-corrected chi connectivity index (χ2v) is 11.6. The number of amides is 1. The van der Waals surface area contributed by atoms with Crippen molar-refractivity contribution in [3.8, 4) is 0 Å². The molecule has 2 aromatic carbocycles. The van der Waals surface area contributed by atoms with Crippen LogP contribution in [0, 0.1) is 0 Å². The molecule has 8 nitrogen and oxygen atoms in total. The second-order valence-electron chi connectivity index (χ2n) is 7.03. The largest absolute Gasteiger partial charge is 0.322 e. The maximum Gasteiger partial charge on any atom is 0.255 e. The number of hydrogen-bond acceptors (Lipinski definition) is 5. The zero-order valence-electron chi connectivity index (χ0n) is 17.2. The Labute approximate surface area is 182 Å². The maximum absolute atomic E-state index is 12.6. The molecule has 164 valence electrons. The van der Waals surface area contributed by atoms with Crippen LogP contribution in [0.2, 0.25) is 5.02 Å². The van der Waals surface area contributed by atoms with Crippen molar-refractivity contribution < 1.29 is 21.6 Å². The molecule has 2 aromatic rings. The van der Waals surface area contributed by atoms with E-state index in [-0.39, 0.29) is 26.4 Å². The first-order valence-corrected chi connectivity index (χ1v) is 12.2. The number of nitrogens with one attached hydrogen (secondary N) is 1. The third-order valence-corrected chi connectivity index (χ3v) is 8.81. The number of anilines is 1. The van der Waals surface area contributed by atoms with E-state index in [4.69, 9.17) is 11.6 Å². The number of hydrogen-bond donors (Lipinski definition) is 1. The molecule has 0 unspecified atom stereocenters. The van der Waals surface area contributed by atoms with Crippen molar-refractivity contribution in [1.29, 1.82) is 0 Å². The number of sulfonamides is 2. The fourth-order valence-corrected chi connectivity index (χ4v) is 5.16. The topological polar surface area (TPSA) is 104 Å². The highest BCUT2D eigenvalue weighted by Gasteiger charge is 2.24. The fraction of sp³-hybridized carbons (Fsp3) is 0.316. The van der Waals surface area contributed by atoms with Crippen LogP contribution in [-0.4, -0.2) is 58.5 Å². The van der Waals surface area contributed by atoms with Gasteiger partial charge in [-0.2, -0.15) is 4.31 Å². The number of carbonyl (C=O) groups excluding carboxylic acids is 1. The molecule has 0 aliphatic heterocycles. The van der Waals surface area contributed by atoms with Crippen LogP contribution in [0.4, 0.5) is 5.69 Å². The van der Waals surface area contributed by atoms with Crippen LogP contribution in [0.25, 0.3) is 0 Å². The van der Waals surface area contributed by atoms with Gasteiger partial charge in [0.05, 0.1) is 9.92 Å². The average molecular weight is 474 g/mol. The highest BCUT2D eigenvalue weighted by atomic mass is 35.5. The maximum atomic E-state index is 12.6.